The van der Waals surface area contributed by atoms with Gasteiger partial charge in [0, 0.05) is 31.9 Å². The Kier molecular flexibility index (Phi) is 4.76. The number of aromatic nitrogens is 1. The van der Waals surface area contributed by atoms with Crippen LogP contribution < -0.4 is 10.9 Å². The molecule has 2 heterocycles. The predicted octanol–water partition coefficient (Wildman–Crippen LogP) is 0.950. The molecular weight excluding hydrogens is 214 g/mol. The molecule has 2 N–H and O–H groups in total. The van der Waals surface area contributed by atoms with Crippen LogP contribution in [0.3, 0.4) is 0 Å². The van der Waals surface area contributed by atoms with Gasteiger partial charge < -0.3 is 15.2 Å². The summed E-state index contributed by atoms with van der Waals surface area (Å²) in [5.74, 6) is 0. The van der Waals surface area contributed by atoms with Gasteiger partial charge in [0.25, 0.3) is 0 Å². The Bertz CT molecular complexity index is 382. The Balaban J connectivity index is 1.64. The molecule has 0 aliphatic carbocycles. The van der Waals surface area contributed by atoms with E-state index in [1.54, 1.807) is 12.3 Å². The second-order valence-electron chi connectivity index (χ2n) is 4.64. The number of piperidine rings is 1. The van der Waals surface area contributed by atoms with Crippen molar-refractivity contribution in [3.8, 4) is 0 Å². The molecule has 94 valence electrons. The average molecular weight is 235 g/mol. The van der Waals surface area contributed by atoms with Crippen molar-refractivity contribution in [2.75, 3.05) is 26.2 Å². The van der Waals surface area contributed by atoms with Crippen LogP contribution in [0.2, 0.25) is 0 Å². The van der Waals surface area contributed by atoms with Gasteiger partial charge in [-0.1, -0.05) is 6.42 Å². The molecule has 4 heteroatoms. The molecule has 0 bridgehead atoms. The molecular formula is C13H21N3O. The van der Waals surface area contributed by atoms with Crippen molar-refractivity contribution in [1.29, 1.82) is 0 Å². The second kappa shape index (κ2) is 6.57. The van der Waals surface area contributed by atoms with Crippen molar-refractivity contribution in [2.45, 2.75) is 25.8 Å². The Hall–Kier alpha value is -1.13. The fourth-order valence-electron chi connectivity index (χ4n) is 2.25. The number of hydrogen-bond donors (Lipinski definition) is 2. The molecule has 1 aliphatic heterocycles. The molecule has 1 aromatic rings. The lowest BCUT2D eigenvalue weighted by molar-refractivity contribution is 0.229. The van der Waals surface area contributed by atoms with Crippen LogP contribution >= 0.6 is 0 Å². The summed E-state index contributed by atoms with van der Waals surface area (Å²) in [6.45, 7) is 5.37. The Labute approximate surface area is 102 Å². The predicted molar refractivity (Wildman–Crippen MR) is 69.1 cm³/mol. The molecule has 1 saturated heterocycles. The van der Waals surface area contributed by atoms with E-state index in [1.165, 1.54) is 32.4 Å². The number of H-pyrrole nitrogens is 1. The molecule has 0 aromatic carbocycles. The summed E-state index contributed by atoms with van der Waals surface area (Å²) >= 11 is 0. The van der Waals surface area contributed by atoms with E-state index in [2.05, 4.69) is 15.2 Å². The monoisotopic (exact) mass is 235 g/mol. The standard InChI is InChI=1S/C13H21N3O/c17-13-10-12(4-5-15-13)11-14-6-9-16-7-2-1-3-8-16/h4-5,10,14H,1-3,6-9,11H2,(H,15,17). The van der Waals surface area contributed by atoms with Gasteiger partial charge in [-0.3, -0.25) is 4.79 Å². The molecule has 0 unspecified atom stereocenters. The van der Waals surface area contributed by atoms with Gasteiger partial charge in [0.1, 0.15) is 0 Å². The molecule has 17 heavy (non-hydrogen) atoms. The van der Waals surface area contributed by atoms with Gasteiger partial charge in [-0.25, -0.2) is 0 Å². The van der Waals surface area contributed by atoms with Crippen LogP contribution in [0.5, 0.6) is 0 Å². The van der Waals surface area contributed by atoms with Gasteiger partial charge in [0.05, 0.1) is 0 Å². The maximum Gasteiger partial charge on any atom is 0.248 e. The maximum atomic E-state index is 11.1. The van der Waals surface area contributed by atoms with Gasteiger partial charge in [-0.2, -0.15) is 0 Å². The van der Waals surface area contributed by atoms with Gasteiger partial charge >= 0.3 is 0 Å². The Morgan fingerprint density at radius 3 is 2.88 bits per heavy atom. The number of aromatic amines is 1. The van der Waals surface area contributed by atoms with Crippen LogP contribution in [0.25, 0.3) is 0 Å². The number of rotatable bonds is 5. The van der Waals surface area contributed by atoms with Crippen molar-refractivity contribution < 1.29 is 0 Å². The number of hydrogen-bond acceptors (Lipinski definition) is 3. The number of likely N-dealkylation sites (tertiary alicyclic amines) is 1. The van der Waals surface area contributed by atoms with Gasteiger partial charge in [-0.05, 0) is 37.6 Å². The zero-order valence-corrected chi connectivity index (χ0v) is 10.2. The van der Waals surface area contributed by atoms with Crippen LogP contribution in [0.4, 0.5) is 0 Å². The fourth-order valence-corrected chi connectivity index (χ4v) is 2.25. The molecule has 0 radical (unpaired) electrons. The zero-order chi connectivity index (χ0) is 11.9. The van der Waals surface area contributed by atoms with Crippen LogP contribution in [0.1, 0.15) is 24.8 Å². The van der Waals surface area contributed by atoms with E-state index in [9.17, 15) is 4.79 Å². The zero-order valence-electron chi connectivity index (χ0n) is 10.2. The van der Waals surface area contributed by atoms with Crippen molar-refractivity contribution in [2.24, 2.45) is 0 Å². The first-order chi connectivity index (χ1) is 8.34. The highest BCUT2D eigenvalue weighted by molar-refractivity contribution is 5.09. The van der Waals surface area contributed by atoms with E-state index in [0.717, 1.165) is 25.2 Å². The van der Waals surface area contributed by atoms with E-state index in [1.807, 2.05) is 6.07 Å². The van der Waals surface area contributed by atoms with Crippen molar-refractivity contribution in [3.63, 3.8) is 0 Å². The smallest absolute Gasteiger partial charge is 0.248 e. The third-order valence-corrected chi connectivity index (χ3v) is 3.22. The van der Waals surface area contributed by atoms with E-state index >= 15 is 0 Å². The first kappa shape index (κ1) is 12.3. The largest absolute Gasteiger partial charge is 0.329 e. The molecule has 1 fully saturated rings. The molecule has 0 amide bonds. The molecule has 1 aliphatic rings. The van der Waals surface area contributed by atoms with E-state index < -0.39 is 0 Å². The highest BCUT2D eigenvalue weighted by Gasteiger charge is 2.08. The van der Waals surface area contributed by atoms with Crippen LogP contribution in [-0.4, -0.2) is 36.1 Å². The quantitative estimate of drug-likeness (QED) is 0.747. The first-order valence-corrected chi connectivity index (χ1v) is 6.45. The lowest BCUT2D eigenvalue weighted by atomic mass is 10.1. The third kappa shape index (κ3) is 4.32. The summed E-state index contributed by atoms with van der Waals surface area (Å²) in [5.41, 5.74) is 1.02. The molecule has 0 saturated carbocycles. The topological polar surface area (TPSA) is 48.1 Å². The molecule has 2 rings (SSSR count). The summed E-state index contributed by atoms with van der Waals surface area (Å²) in [7, 11) is 0. The van der Waals surface area contributed by atoms with Crippen molar-refractivity contribution in [1.82, 2.24) is 15.2 Å². The number of nitrogens with zero attached hydrogens (tertiary/aromatic N) is 1. The van der Waals surface area contributed by atoms with Crippen molar-refractivity contribution >= 4 is 0 Å². The summed E-state index contributed by atoms with van der Waals surface area (Å²) in [5, 5.41) is 3.38. The summed E-state index contributed by atoms with van der Waals surface area (Å²) in [4.78, 5) is 16.2. The van der Waals surface area contributed by atoms with Gasteiger partial charge in [-0.15, -0.1) is 0 Å². The summed E-state index contributed by atoms with van der Waals surface area (Å²) in [6.07, 6.45) is 5.77. The minimum Gasteiger partial charge on any atom is -0.329 e. The Morgan fingerprint density at radius 2 is 2.12 bits per heavy atom. The molecule has 0 atom stereocenters. The highest BCUT2D eigenvalue weighted by Crippen LogP contribution is 2.07. The number of pyridine rings is 1. The van der Waals surface area contributed by atoms with Crippen LogP contribution in [0.15, 0.2) is 23.1 Å². The summed E-state index contributed by atoms with van der Waals surface area (Å²) in [6, 6.07) is 3.59. The third-order valence-electron chi connectivity index (χ3n) is 3.22. The van der Waals surface area contributed by atoms with Gasteiger partial charge in [0.2, 0.25) is 5.56 Å². The molecule has 1 aromatic heterocycles. The normalized spacial score (nSPS) is 17.2. The Morgan fingerprint density at radius 1 is 1.29 bits per heavy atom. The molecule has 0 spiro atoms. The van der Waals surface area contributed by atoms with E-state index in [0.29, 0.717) is 0 Å². The minimum absolute atomic E-state index is 0.0275. The first-order valence-electron chi connectivity index (χ1n) is 6.45. The summed E-state index contributed by atoms with van der Waals surface area (Å²) < 4.78 is 0. The molecule has 4 nitrogen and oxygen atoms in total. The highest BCUT2D eigenvalue weighted by atomic mass is 16.1. The van der Waals surface area contributed by atoms with E-state index in [4.69, 9.17) is 0 Å². The van der Waals surface area contributed by atoms with E-state index in [-0.39, 0.29) is 5.56 Å². The average Bonchev–Trinajstić information content (AvgIpc) is 2.36. The number of nitrogens with one attached hydrogen (secondary N) is 2. The maximum absolute atomic E-state index is 11.1. The SMILES string of the molecule is O=c1cc(CNCCN2CCCCC2)cc[nH]1. The second-order valence-corrected chi connectivity index (χ2v) is 4.64. The minimum atomic E-state index is -0.0275. The van der Waals surface area contributed by atoms with Gasteiger partial charge in [0.15, 0.2) is 0 Å². The lowest BCUT2D eigenvalue weighted by Gasteiger charge is -2.26. The van der Waals surface area contributed by atoms with Crippen LogP contribution in [0, 0.1) is 0 Å². The lowest BCUT2D eigenvalue weighted by Crippen LogP contribution is -2.35. The fraction of sp³-hybridized carbons (Fsp3) is 0.615. The van der Waals surface area contributed by atoms with Crippen molar-refractivity contribution in [3.05, 3.63) is 34.2 Å². The van der Waals surface area contributed by atoms with Crippen LogP contribution in [-0.2, 0) is 6.54 Å².